The summed E-state index contributed by atoms with van der Waals surface area (Å²) in [6.45, 7) is 5.52. The summed E-state index contributed by atoms with van der Waals surface area (Å²) in [5, 5.41) is 13.9. The Kier molecular flexibility index (Phi) is 5.75. The molecule has 1 rings (SSSR count). The minimum absolute atomic E-state index is 0.255. The van der Waals surface area contributed by atoms with E-state index < -0.39 is 5.60 Å². The molecule has 0 radical (unpaired) electrons. The van der Waals surface area contributed by atoms with Crippen LogP contribution in [-0.2, 0) is 0 Å². The van der Waals surface area contributed by atoms with Crippen LogP contribution in [0, 0.1) is 0 Å². The van der Waals surface area contributed by atoms with Crippen LogP contribution in [0.5, 0.6) is 5.75 Å². The Labute approximate surface area is 108 Å². The summed E-state index contributed by atoms with van der Waals surface area (Å²) in [5.41, 5.74) is -0.866. The van der Waals surface area contributed by atoms with Gasteiger partial charge in [0.25, 0.3) is 0 Å². The molecule has 0 aliphatic carbocycles. The lowest BCUT2D eigenvalue weighted by atomic mass is 10.1. The molecule has 1 aromatic rings. The van der Waals surface area contributed by atoms with Crippen molar-refractivity contribution >= 4 is 11.6 Å². The van der Waals surface area contributed by atoms with E-state index in [1.807, 2.05) is 0 Å². The number of benzene rings is 1. The summed E-state index contributed by atoms with van der Waals surface area (Å²) in [7, 11) is 0. The second-order valence-electron chi connectivity index (χ2n) is 4.42. The zero-order valence-electron chi connectivity index (χ0n) is 10.4. The van der Waals surface area contributed by atoms with E-state index in [0.717, 1.165) is 13.0 Å². The third-order valence-electron chi connectivity index (χ3n) is 2.30. The van der Waals surface area contributed by atoms with Gasteiger partial charge in [0.1, 0.15) is 18.0 Å². The average molecular weight is 258 g/mol. The molecule has 4 heteroatoms. The fraction of sp³-hybridized carbons (Fsp3) is 0.538. The van der Waals surface area contributed by atoms with E-state index in [0.29, 0.717) is 17.3 Å². The van der Waals surface area contributed by atoms with Gasteiger partial charge in [0, 0.05) is 11.6 Å². The molecular weight excluding hydrogens is 238 g/mol. The Bertz CT molecular complexity index is 325. The molecule has 0 aliphatic rings. The molecule has 1 atom stereocenters. The van der Waals surface area contributed by atoms with Crippen LogP contribution in [0.1, 0.15) is 20.3 Å². The number of hydrogen-bond acceptors (Lipinski definition) is 3. The van der Waals surface area contributed by atoms with Gasteiger partial charge in [0.2, 0.25) is 0 Å². The predicted octanol–water partition coefficient (Wildman–Crippen LogP) is 2.47. The number of rotatable bonds is 7. The molecule has 0 amide bonds. The van der Waals surface area contributed by atoms with E-state index >= 15 is 0 Å². The van der Waals surface area contributed by atoms with Gasteiger partial charge < -0.3 is 15.2 Å². The van der Waals surface area contributed by atoms with Gasteiger partial charge in [-0.3, -0.25) is 0 Å². The molecule has 2 N–H and O–H groups in total. The van der Waals surface area contributed by atoms with Crippen LogP contribution in [0.25, 0.3) is 0 Å². The van der Waals surface area contributed by atoms with Gasteiger partial charge in [-0.15, -0.1) is 0 Å². The Morgan fingerprint density at radius 3 is 2.59 bits per heavy atom. The summed E-state index contributed by atoms with van der Waals surface area (Å²) in [6, 6.07) is 7.11. The fourth-order valence-electron chi connectivity index (χ4n) is 1.36. The first-order chi connectivity index (χ1) is 8.03. The molecule has 0 spiro atoms. The van der Waals surface area contributed by atoms with Crippen LogP contribution in [-0.4, -0.2) is 30.4 Å². The van der Waals surface area contributed by atoms with Crippen LogP contribution in [0.15, 0.2) is 24.3 Å². The molecular formula is C13H20ClNO2. The second-order valence-corrected chi connectivity index (χ2v) is 4.85. The van der Waals surface area contributed by atoms with E-state index in [9.17, 15) is 5.11 Å². The highest BCUT2D eigenvalue weighted by molar-refractivity contribution is 6.30. The standard InChI is InChI=1S/C13H20ClNO2/c1-3-8-15-9-13(2,16)10-17-12-6-4-11(14)5-7-12/h4-7,15-16H,3,8-10H2,1-2H3. The SMILES string of the molecule is CCCNCC(C)(O)COc1ccc(Cl)cc1. The lowest BCUT2D eigenvalue weighted by molar-refractivity contribution is 0.0125. The molecule has 3 nitrogen and oxygen atoms in total. The fourth-order valence-corrected chi connectivity index (χ4v) is 1.48. The Morgan fingerprint density at radius 2 is 2.00 bits per heavy atom. The summed E-state index contributed by atoms with van der Waals surface area (Å²) in [6.07, 6.45) is 1.05. The van der Waals surface area contributed by atoms with Crippen molar-refractivity contribution in [2.75, 3.05) is 19.7 Å². The zero-order valence-corrected chi connectivity index (χ0v) is 11.1. The molecule has 0 heterocycles. The summed E-state index contributed by atoms with van der Waals surface area (Å²) in [5.74, 6) is 0.713. The molecule has 0 bridgehead atoms. The normalized spacial score (nSPS) is 14.4. The number of ether oxygens (including phenoxy) is 1. The van der Waals surface area contributed by atoms with E-state index in [1.54, 1.807) is 31.2 Å². The lowest BCUT2D eigenvalue weighted by Gasteiger charge is -2.23. The van der Waals surface area contributed by atoms with Crippen molar-refractivity contribution in [3.63, 3.8) is 0 Å². The predicted molar refractivity (Wildman–Crippen MR) is 70.7 cm³/mol. The van der Waals surface area contributed by atoms with Crippen LogP contribution < -0.4 is 10.1 Å². The third-order valence-corrected chi connectivity index (χ3v) is 2.55. The highest BCUT2D eigenvalue weighted by Gasteiger charge is 2.20. The van der Waals surface area contributed by atoms with E-state index in [-0.39, 0.29) is 6.61 Å². The first kappa shape index (κ1) is 14.3. The third kappa shape index (κ3) is 5.91. The molecule has 0 saturated heterocycles. The summed E-state index contributed by atoms with van der Waals surface area (Å²) in [4.78, 5) is 0. The Hall–Kier alpha value is -0.770. The highest BCUT2D eigenvalue weighted by atomic mass is 35.5. The van der Waals surface area contributed by atoms with E-state index in [1.165, 1.54) is 0 Å². The maximum atomic E-state index is 10.0. The Balaban J connectivity index is 2.35. The monoisotopic (exact) mass is 257 g/mol. The highest BCUT2D eigenvalue weighted by Crippen LogP contribution is 2.16. The van der Waals surface area contributed by atoms with E-state index in [2.05, 4.69) is 12.2 Å². The van der Waals surface area contributed by atoms with Gasteiger partial charge in [-0.25, -0.2) is 0 Å². The van der Waals surface area contributed by atoms with Crippen molar-refractivity contribution in [1.29, 1.82) is 0 Å². The topological polar surface area (TPSA) is 41.5 Å². The Morgan fingerprint density at radius 1 is 1.35 bits per heavy atom. The second kappa shape index (κ2) is 6.84. The average Bonchev–Trinajstić information content (AvgIpc) is 2.29. The van der Waals surface area contributed by atoms with E-state index in [4.69, 9.17) is 16.3 Å². The summed E-state index contributed by atoms with van der Waals surface area (Å²) >= 11 is 5.77. The first-order valence-electron chi connectivity index (χ1n) is 5.85. The van der Waals surface area contributed by atoms with Crippen molar-refractivity contribution in [1.82, 2.24) is 5.32 Å². The van der Waals surface area contributed by atoms with Crippen LogP contribution in [0.2, 0.25) is 5.02 Å². The maximum Gasteiger partial charge on any atom is 0.119 e. The van der Waals surface area contributed by atoms with Gasteiger partial charge in [0.15, 0.2) is 0 Å². The van der Waals surface area contributed by atoms with Gasteiger partial charge in [0.05, 0.1) is 0 Å². The van der Waals surface area contributed by atoms with Crippen molar-refractivity contribution in [2.24, 2.45) is 0 Å². The molecule has 17 heavy (non-hydrogen) atoms. The number of halogens is 1. The van der Waals surface area contributed by atoms with Crippen LogP contribution in [0.4, 0.5) is 0 Å². The molecule has 0 fully saturated rings. The molecule has 0 aliphatic heterocycles. The van der Waals surface area contributed by atoms with Crippen LogP contribution >= 0.6 is 11.6 Å². The van der Waals surface area contributed by atoms with Crippen LogP contribution in [0.3, 0.4) is 0 Å². The molecule has 96 valence electrons. The van der Waals surface area contributed by atoms with Crippen molar-refractivity contribution in [3.05, 3.63) is 29.3 Å². The minimum atomic E-state index is -0.866. The lowest BCUT2D eigenvalue weighted by Crippen LogP contribution is -2.43. The zero-order chi connectivity index (χ0) is 12.7. The molecule has 1 unspecified atom stereocenters. The maximum absolute atomic E-state index is 10.0. The largest absolute Gasteiger partial charge is 0.491 e. The number of aliphatic hydroxyl groups is 1. The van der Waals surface area contributed by atoms with Gasteiger partial charge in [-0.2, -0.15) is 0 Å². The smallest absolute Gasteiger partial charge is 0.119 e. The first-order valence-corrected chi connectivity index (χ1v) is 6.23. The minimum Gasteiger partial charge on any atom is -0.491 e. The van der Waals surface area contributed by atoms with Crippen molar-refractivity contribution in [3.8, 4) is 5.75 Å². The van der Waals surface area contributed by atoms with Gasteiger partial charge in [-0.05, 0) is 44.2 Å². The quantitative estimate of drug-likeness (QED) is 0.738. The number of nitrogens with one attached hydrogen (secondary N) is 1. The van der Waals surface area contributed by atoms with Crippen molar-refractivity contribution < 1.29 is 9.84 Å². The number of hydrogen-bond donors (Lipinski definition) is 2. The van der Waals surface area contributed by atoms with Crippen molar-refractivity contribution in [2.45, 2.75) is 25.9 Å². The molecule has 0 saturated carbocycles. The van der Waals surface area contributed by atoms with Gasteiger partial charge >= 0.3 is 0 Å². The molecule has 0 aromatic heterocycles. The summed E-state index contributed by atoms with van der Waals surface area (Å²) < 4.78 is 5.51. The molecule has 1 aromatic carbocycles. The van der Waals surface area contributed by atoms with Gasteiger partial charge in [-0.1, -0.05) is 18.5 Å².